The molecule has 15 heavy (non-hydrogen) atoms. The Balaban J connectivity index is 2.02. The highest BCUT2D eigenvalue weighted by Gasteiger charge is 2.14. The van der Waals surface area contributed by atoms with E-state index in [2.05, 4.69) is 37.4 Å². The molecule has 1 atom stereocenters. The zero-order valence-corrected chi connectivity index (χ0v) is 9.55. The number of rotatable bonds is 2. The summed E-state index contributed by atoms with van der Waals surface area (Å²) in [7, 11) is 0. The lowest BCUT2D eigenvalue weighted by molar-refractivity contribution is 0.167. The summed E-state index contributed by atoms with van der Waals surface area (Å²) in [5.74, 6) is 1.02. The van der Waals surface area contributed by atoms with Crippen LogP contribution in [0.25, 0.3) is 0 Å². The van der Waals surface area contributed by atoms with Crippen LogP contribution in [0.5, 0.6) is 5.75 Å². The van der Waals surface area contributed by atoms with Crippen molar-refractivity contribution in [2.24, 2.45) is 0 Å². The van der Waals surface area contributed by atoms with Crippen LogP contribution in [0.4, 0.5) is 0 Å². The standard InChI is InChI=1S/C13H19NO/c1-10-6-11(2)8-13(7-10)15-12-4-3-5-14-9-12/h6-8,12,14H,3-5,9H2,1-2H3/t12-/m0/s1. The first kappa shape index (κ1) is 10.5. The third kappa shape index (κ3) is 2.96. The van der Waals surface area contributed by atoms with Crippen LogP contribution in [0.2, 0.25) is 0 Å². The molecule has 0 radical (unpaired) electrons. The molecule has 1 aliphatic rings. The van der Waals surface area contributed by atoms with E-state index in [4.69, 9.17) is 4.74 Å². The van der Waals surface area contributed by atoms with E-state index in [1.807, 2.05) is 0 Å². The van der Waals surface area contributed by atoms with E-state index >= 15 is 0 Å². The zero-order chi connectivity index (χ0) is 10.7. The van der Waals surface area contributed by atoms with Gasteiger partial charge in [0.1, 0.15) is 11.9 Å². The molecular formula is C13H19NO. The summed E-state index contributed by atoms with van der Waals surface area (Å²) >= 11 is 0. The van der Waals surface area contributed by atoms with Gasteiger partial charge in [-0.05, 0) is 56.5 Å². The lowest BCUT2D eigenvalue weighted by Gasteiger charge is -2.24. The molecule has 0 amide bonds. The zero-order valence-electron chi connectivity index (χ0n) is 9.55. The van der Waals surface area contributed by atoms with Gasteiger partial charge in [-0.15, -0.1) is 0 Å². The number of aryl methyl sites for hydroxylation is 2. The number of hydrogen-bond acceptors (Lipinski definition) is 2. The molecule has 2 heteroatoms. The number of piperidine rings is 1. The van der Waals surface area contributed by atoms with Crippen molar-refractivity contribution in [2.75, 3.05) is 13.1 Å². The van der Waals surface area contributed by atoms with E-state index in [9.17, 15) is 0 Å². The van der Waals surface area contributed by atoms with E-state index < -0.39 is 0 Å². The predicted octanol–water partition coefficient (Wildman–Crippen LogP) is 2.43. The quantitative estimate of drug-likeness (QED) is 0.800. The second-order valence-electron chi connectivity index (χ2n) is 4.41. The number of ether oxygens (including phenoxy) is 1. The fourth-order valence-corrected chi connectivity index (χ4v) is 2.11. The number of benzene rings is 1. The van der Waals surface area contributed by atoms with Crippen molar-refractivity contribution < 1.29 is 4.74 Å². The minimum absolute atomic E-state index is 0.347. The minimum Gasteiger partial charge on any atom is -0.489 e. The van der Waals surface area contributed by atoms with Crippen LogP contribution in [0.15, 0.2) is 18.2 Å². The molecule has 0 aliphatic carbocycles. The molecule has 1 aromatic rings. The van der Waals surface area contributed by atoms with Crippen LogP contribution in [-0.2, 0) is 0 Å². The monoisotopic (exact) mass is 205 g/mol. The Morgan fingerprint density at radius 1 is 1.20 bits per heavy atom. The summed E-state index contributed by atoms with van der Waals surface area (Å²) in [6.07, 6.45) is 2.73. The van der Waals surface area contributed by atoms with Gasteiger partial charge in [0.2, 0.25) is 0 Å². The predicted molar refractivity (Wildman–Crippen MR) is 62.4 cm³/mol. The van der Waals surface area contributed by atoms with Crippen LogP contribution in [0.3, 0.4) is 0 Å². The number of hydrogen-bond donors (Lipinski definition) is 1. The fourth-order valence-electron chi connectivity index (χ4n) is 2.11. The molecule has 0 saturated carbocycles. The topological polar surface area (TPSA) is 21.3 Å². The second-order valence-corrected chi connectivity index (χ2v) is 4.41. The average Bonchev–Trinajstić information content (AvgIpc) is 2.17. The van der Waals surface area contributed by atoms with E-state index in [1.165, 1.54) is 24.0 Å². The van der Waals surface area contributed by atoms with Gasteiger partial charge in [0.25, 0.3) is 0 Å². The summed E-state index contributed by atoms with van der Waals surface area (Å²) in [6.45, 7) is 6.33. The molecule has 0 aromatic heterocycles. The molecule has 2 nitrogen and oxygen atoms in total. The third-order valence-electron chi connectivity index (χ3n) is 2.75. The largest absolute Gasteiger partial charge is 0.489 e. The number of nitrogens with one attached hydrogen (secondary N) is 1. The van der Waals surface area contributed by atoms with Gasteiger partial charge in [0.05, 0.1) is 0 Å². The van der Waals surface area contributed by atoms with Crippen molar-refractivity contribution in [1.29, 1.82) is 0 Å². The molecule has 1 aromatic carbocycles. The van der Waals surface area contributed by atoms with Crippen LogP contribution in [0, 0.1) is 13.8 Å². The van der Waals surface area contributed by atoms with Gasteiger partial charge in [0.15, 0.2) is 0 Å². The second kappa shape index (κ2) is 4.67. The lowest BCUT2D eigenvalue weighted by Crippen LogP contribution is -2.37. The highest BCUT2D eigenvalue weighted by molar-refractivity contribution is 5.33. The van der Waals surface area contributed by atoms with Crippen LogP contribution in [-0.4, -0.2) is 19.2 Å². The Morgan fingerprint density at radius 2 is 1.93 bits per heavy atom. The van der Waals surface area contributed by atoms with Gasteiger partial charge in [-0.1, -0.05) is 6.07 Å². The lowest BCUT2D eigenvalue weighted by atomic mass is 10.1. The van der Waals surface area contributed by atoms with Gasteiger partial charge in [-0.25, -0.2) is 0 Å². The van der Waals surface area contributed by atoms with Gasteiger partial charge >= 0.3 is 0 Å². The van der Waals surface area contributed by atoms with Gasteiger partial charge in [-0.3, -0.25) is 0 Å². The normalized spacial score (nSPS) is 21.3. The summed E-state index contributed by atoms with van der Waals surface area (Å²) in [5.41, 5.74) is 2.54. The summed E-state index contributed by atoms with van der Waals surface area (Å²) < 4.78 is 5.95. The molecule has 1 N–H and O–H groups in total. The molecule has 2 rings (SSSR count). The fraction of sp³-hybridized carbons (Fsp3) is 0.538. The first-order valence-corrected chi connectivity index (χ1v) is 5.70. The first-order chi connectivity index (χ1) is 7.24. The molecule has 0 spiro atoms. The smallest absolute Gasteiger partial charge is 0.120 e. The van der Waals surface area contributed by atoms with Crippen molar-refractivity contribution in [3.63, 3.8) is 0 Å². The Bertz CT molecular complexity index is 309. The van der Waals surface area contributed by atoms with Crippen molar-refractivity contribution in [1.82, 2.24) is 5.32 Å². The Hall–Kier alpha value is -1.02. The van der Waals surface area contributed by atoms with E-state index in [-0.39, 0.29) is 0 Å². The molecule has 1 heterocycles. The molecule has 0 unspecified atom stereocenters. The van der Waals surface area contributed by atoms with E-state index in [0.29, 0.717) is 6.10 Å². The van der Waals surface area contributed by atoms with Crippen molar-refractivity contribution >= 4 is 0 Å². The molecule has 82 valence electrons. The minimum atomic E-state index is 0.347. The summed E-state index contributed by atoms with van der Waals surface area (Å²) in [6, 6.07) is 6.40. The van der Waals surface area contributed by atoms with Gasteiger partial charge in [0, 0.05) is 6.54 Å². The van der Waals surface area contributed by atoms with E-state index in [0.717, 1.165) is 18.8 Å². The third-order valence-corrected chi connectivity index (χ3v) is 2.75. The SMILES string of the molecule is Cc1cc(C)cc(O[C@H]2CCCNC2)c1. The maximum atomic E-state index is 5.95. The van der Waals surface area contributed by atoms with Gasteiger partial charge < -0.3 is 10.1 Å². The first-order valence-electron chi connectivity index (χ1n) is 5.70. The van der Waals surface area contributed by atoms with Crippen molar-refractivity contribution in [3.8, 4) is 5.75 Å². The molecule has 1 saturated heterocycles. The van der Waals surface area contributed by atoms with Crippen molar-refractivity contribution in [2.45, 2.75) is 32.8 Å². The molecular weight excluding hydrogens is 186 g/mol. The maximum absolute atomic E-state index is 5.95. The molecule has 1 aliphatic heterocycles. The maximum Gasteiger partial charge on any atom is 0.120 e. The van der Waals surface area contributed by atoms with Crippen LogP contribution < -0.4 is 10.1 Å². The molecule has 1 fully saturated rings. The molecule has 0 bridgehead atoms. The van der Waals surface area contributed by atoms with Crippen LogP contribution in [0.1, 0.15) is 24.0 Å². The Labute approximate surface area is 91.6 Å². The highest BCUT2D eigenvalue weighted by Crippen LogP contribution is 2.19. The van der Waals surface area contributed by atoms with Crippen LogP contribution >= 0.6 is 0 Å². The average molecular weight is 205 g/mol. The summed E-state index contributed by atoms with van der Waals surface area (Å²) in [4.78, 5) is 0. The highest BCUT2D eigenvalue weighted by atomic mass is 16.5. The van der Waals surface area contributed by atoms with E-state index in [1.54, 1.807) is 0 Å². The van der Waals surface area contributed by atoms with Gasteiger partial charge in [-0.2, -0.15) is 0 Å². The van der Waals surface area contributed by atoms with Crippen molar-refractivity contribution in [3.05, 3.63) is 29.3 Å². The Morgan fingerprint density at radius 3 is 2.53 bits per heavy atom. The summed E-state index contributed by atoms with van der Waals surface area (Å²) in [5, 5.41) is 3.36. The Kier molecular flexibility index (Phi) is 3.27.